The van der Waals surface area contributed by atoms with Crippen LogP contribution in [0, 0.1) is 0 Å². The SMILES string of the molecule is CC.CC.CC.CC.O=C1CCC(=O)c2ccccc21.O=C1CCCC1.c1ccc2c(c1)CCC2.c1ccc2c(c1)CCC2. The number of aryl methyl sites for hydroxylation is 4. The summed E-state index contributed by atoms with van der Waals surface area (Å²) in [7, 11) is 0. The highest BCUT2D eigenvalue weighted by Crippen LogP contribution is 2.22. The van der Waals surface area contributed by atoms with Crippen LogP contribution in [0.4, 0.5) is 0 Å². The number of ketones is 3. The molecule has 0 heterocycles. The molecule has 242 valence electrons. The first-order valence-electron chi connectivity index (χ1n) is 17.4. The van der Waals surface area contributed by atoms with Crippen molar-refractivity contribution in [2.24, 2.45) is 0 Å². The standard InChI is InChI=1S/C10H8O2.2C9H10.C5H8O.4C2H6/c11-9-5-6-10(12)8-4-2-1-3-7(8)9;2*1-2-5-9-7-3-6-8(9)4-1;6-5-3-1-2-4-5;4*1-2/h1-4H,5-6H2;2*1-2,4-5H,3,6-7H2;1-4H2;4*1-2H3. The fourth-order valence-corrected chi connectivity index (χ4v) is 5.26. The molecule has 4 aliphatic rings. The van der Waals surface area contributed by atoms with E-state index in [1.807, 2.05) is 55.4 Å². The van der Waals surface area contributed by atoms with Crippen molar-refractivity contribution in [3.63, 3.8) is 0 Å². The highest BCUT2D eigenvalue weighted by molar-refractivity contribution is 6.13. The van der Waals surface area contributed by atoms with Crippen molar-refractivity contribution < 1.29 is 14.4 Å². The third-order valence-corrected chi connectivity index (χ3v) is 7.29. The van der Waals surface area contributed by atoms with Crippen molar-refractivity contribution in [1.82, 2.24) is 0 Å². The zero-order valence-electron chi connectivity index (χ0n) is 29.1. The van der Waals surface area contributed by atoms with E-state index in [9.17, 15) is 14.4 Å². The average Bonchev–Trinajstić information content (AvgIpc) is 3.90. The zero-order valence-corrected chi connectivity index (χ0v) is 29.1. The van der Waals surface area contributed by atoms with Gasteiger partial charge in [0.2, 0.25) is 0 Å². The van der Waals surface area contributed by atoms with Crippen molar-refractivity contribution in [2.75, 3.05) is 0 Å². The average molecular weight is 601 g/mol. The summed E-state index contributed by atoms with van der Waals surface area (Å²) in [6.45, 7) is 16.0. The first kappa shape index (κ1) is 40.7. The molecule has 0 radical (unpaired) electrons. The molecule has 0 bridgehead atoms. The van der Waals surface area contributed by atoms with Crippen LogP contribution in [0.1, 0.15) is 150 Å². The summed E-state index contributed by atoms with van der Waals surface area (Å²) in [6, 6.07) is 24.5. The summed E-state index contributed by atoms with van der Waals surface area (Å²) in [5, 5.41) is 0. The minimum Gasteiger partial charge on any atom is -0.300 e. The van der Waals surface area contributed by atoms with Gasteiger partial charge in [0, 0.05) is 36.8 Å². The molecule has 0 aliphatic heterocycles. The van der Waals surface area contributed by atoms with E-state index < -0.39 is 0 Å². The molecular formula is C41H60O3. The lowest BCUT2D eigenvalue weighted by Crippen LogP contribution is -2.16. The predicted octanol–water partition coefficient (Wildman–Crippen LogP) is 11.4. The van der Waals surface area contributed by atoms with Crippen LogP contribution in [-0.2, 0) is 30.5 Å². The molecule has 0 saturated heterocycles. The third-order valence-electron chi connectivity index (χ3n) is 7.29. The van der Waals surface area contributed by atoms with E-state index in [2.05, 4.69) is 48.5 Å². The summed E-state index contributed by atoms with van der Waals surface area (Å²) in [4.78, 5) is 32.8. The minimum atomic E-state index is 0.0881. The zero-order chi connectivity index (χ0) is 33.2. The van der Waals surface area contributed by atoms with Gasteiger partial charge in [0.05, 0.1) is 0 Å². The van der Waals surface area contributed by atoms with Gasteiger partial charge in [0.1, 0.15) is 5.78 Å². The van der Waals surface area contributed by atoms with Gasteiger partial charge in [-0.25, -0.2) is 0 Å². The Kier molecular flexibility index (Phi) is 24.1. The van der Waals surface area contributed by atoms with E-state index in [-0.39, 0.29) is 11.6 Å². The molecule has 1 saturated carbocycles. The monoisotopic (exact) mass is 600 g/mol. The lowest BCUT2D eigenvalue weighted by Gasteiger charge is -2.11. The Bertz CT molecular complexity index is 1070. The van der Waals surface area contributed by atoms with Gasteiger partial charge < -0.3 is 0 Å². The van der Waals surface area contributed by atoms with Gasteiger partial charge in [-0.15, -0.1) is 0 Å². The first-order chi connectivity index (χ1) is 21.6. The second kappa shape index (κ2) is 26.1. The van der Waals surface area contributed by atoms with Gasteiger partial charge in [0.15, 0.2) is 11.6 Å². The summed E-state index contributed by atoms with van der Waals surface area (Å²) in [5.41, 5.74) is 7.45. The smallest absolute Gasteiger partial charge is 0.164 e. The normalized spacial score (nSPS) is 14.3. The fraction of sp³-hybridized carbons (Fsp3) is 0.488. The molecule has 4 aliphatic carbocycles. The highest BCUT2D eigenvalue weighted by Gasteiger charge is 2.22. The van der Waals surface area contributed by atoms with Crippen LogP contribution >= 0.6 is 0 Å². The van der Waals surface area contributed by atoms with Gasteiger partial charge in [-0.3, -0.25) is 14.4 Å². The number of benzene rings is 3. The maximum absolute atomic E-state index is 11.3. The fourth-order valence-electron chi connectivity index (χ4n) is 5.26. The number of carbonyl (C=O) groups excluding carboxylic acids is 3. The number of hydrogen-bond donors (Lipinski definition) is 0. The molecule has 3 aromatic carbocycles. The molecule has 0 N–H and O–H groups in total. The van der Waals surface area contributed by atoms with Crippen molar-refractivity contribution in [3.8, 4) is 0 Å². The van der Waals surface area contributed by atoms with Gasteiger partial charge in [-0.1, -0.05) is 128 Å². The first-order valence-corrected chi connectivity index (χ1v) is 17.4. The van der Waals surface area contributed by atoms with Crippen LogP contribution in [0.15, 0.2) is 72.8 Å². The quantitative estimate of drug-likeness (QED) is 0.258. The van der Waals surface area contributed by atoms with Crippen molar-refractivity contribution in [1.29, 1.82) is 0 Å². The van der Waals surface area contributed by atoms with Crippen LogP contribution in [0.25, 0.3) is 0 Å². The van der Waals surface area contributed by atoms with E-state index in [1.165, 1.54) is 38.5 Å². The molecule has 0 amide bonds. The Morgan fingerprint density at radius 2 is 0.614 bits per heavy atom. The molecule has 3 nitrogen and oxygen atoms in total. The molecule has 0 spiro atoms. The van der Waals surface area contributed by atoms with E-state index in [4.69, 9.17) is 0 Å². The number of Topliss-reactive ketones (excluding diaryl/α,β-unsaturated/α-hetero) is 3. The Morgan fingerprint density at radius 1 is 0.341 bits per heavy atom. The Morgan fingerprint density at radius 3 is 0.864 bits per heavy atom. The van der Waals surface area contributed by atoms with Crippen molar-refractivity contribution in [3.05, 3.63) is 106 Å². The number of carbonyl (C=O) groups is 3. The molecule has 1 fully saturated rings. The molecule has 0 aromatic heterocycles. The molecule has 3 aromatic rings. The van der Waals surface area contributed by atoms with E-state index >= 15 is 0 Å². The van der Waals surface area contributed by atoms with Crippen molar-refractivity contribution >= 4 is 17.3 Å². The molecule has 0 atom stereocenters. The molecular weight excluding hydrogens is 540 g/mol. The van der Waals surface area contributed by atoms with Crippen LogP contribution < -0.4 is 0 Å². The van der Waals surface area contributed by atoms with Crippen LogP contribution in [-0.4, -0.2) is 17.3 Å². The van der Waals surface area contributed by atoms with Gasteiger partial charge in [0.25, 0.3) is 0 Å². The van der Waals surface area contributed by atoms with Crippen molar-refractivity contribution in [2.45, 2.75) is 132 Å². The second-order valence-electron chi connectivity index (χ2n) is 9.88. The minimum absolute atomic E-state index is 0.0881. The summed E-state index contributed by atoms with van der Waals surface area (Å²) >= 11 is 0. The predicted molar refractivity (Wildman–Crippen MR) is 190 cm³/mol. The van der Waals surface area contributed by atoms with Gasteiger partial charge >= 0.3 is 0 Å². The highest BCUT2D eigenvalue weighted by atomic mass is 16.1. The summed E-state index contributed by atoms with van der Waals surface area (Å²) in [5.74, 6) is 0.630. The van der Waals surface area contributed by atoms with Crippen LogP contribution in [0.2, 0.25) is 0 Å². The Hall–Kier alpha value is -3.33. The summed E-state index contributed by atoms with van der Waals surface area (Å²) in [6.07, 6.45) is 12.6. The summed E-state index contributed by atoms with van der Waals surface area (Å²) < 4.78 is 0. The Labute approximate surface area is 269 Å². The molecule has 44 heavy (non-hydrogen) atoms. The third kappa shape index (κ3) is 14.4. The largest absolute Gasteiger partial charge is 0.300 e. The molecule has 0 unspecified atom stereocenters. The molecule has 3 heteroatoms. The number of hydrogen-bond acceptors (Lipinski definition) is 3. The van der Waals surface area contributed by atoms with Crippen LogP contribution in [0.5, 0.6) is 0 Å². The van der Waals surface area contributed by atoms with Gasteiger partial charge in [-0.2, -0.15) is 0 Å². The number of rotatable bonds is 0. The topological polar surface area (TPSA) is 51.2 Å². The Balaban J connectivity index is 0.000000529. The lowest BCUT2D eigenvalue weighted by atomic mass is 9.90. The van der Waals surface area contributed by atoms with E-state index in [0.717, 1.165) is 25.7 Å². The molecule has 7 rings (SSSR count). The van der Waals surface area contributed by atoms with Crippen LogP contribution in [0.3, 0.4) is 0 Å². The maximum atomic E-state index is 11.3. The number of fused-ring (bicyclic) bond motifs is 3. The van der Waals surface area contributed by atoms with E-state index in [0.29, 0.717) is 29.8 Å². The lowest BCUT2D eigenvalue weighted by molar-refractivity contribution is -0.117. The maximum Gasteiger partial charge on any atom is 0.164 e. The van der Waals surface area contributed by atoms with Gasteiger partial charge in [-0.05, 0) is 73.6 Å². The second-order valence-corrected chi connectivity index (χ2v) is 9.88. The van der Waals surface area contributed by atoms with E-state index in [1.54, 1.807) is 46.5 Å².